The predicted molar refractivity (Wildman–Crippen MR) is 75.0 cm³/mol. The Hall–Kier alpha value is -0.940. The van der Waals surface area contributed by atoms with Crippen LogP contribution in [0.5, 0.6) is 0 Å². The molecule has 1 N–H and O–H groups in total. The third kappa shape index (κ3) is 3.76. The SMILES string of the molecule is CNCC1CCCCN1Cc1nc(C(C)(C)C)no1. The van der Waals surface area contributed by atoms with Crippen LogP contribution in [0.2, 0.25) is 0 Å². The molecule has 5 nitrogen and oxygen atoms in total. The van der Waals surface area contributed by atoms with Gasteiger partial charge >= 0.3 is 0 Å². The molecular weight excluding hydrogens is 240 g/mol. The summed E-state index contributed by atoms with van der Waals surface area (Å²) in [6.45, 7) is 9.24. The molecular formula is C14H26N4O. The molecule has 1 aromatic rings. The number of nitrogens with one attached hydrogen (secondary N) is 1. The molecule has 1 aliphatic rings. The maximum Gasteiger partial charge on any atom is 0.240 e. The van der Waals surface area contributed by atoms with Crippen LogP contribution in [0.4, 0.5) is 0 Å². The second kappa shape index (κ2) is 6.01. The van der Waals surface area contributed by atoms with Gasteiger partial charge in [-0.2, -0.15) is 4.98 Å². The molecule has 0 radical (unpaired) electrons. The van der Waals surface area contributed by atoms with E-state index >= 15 is 0 Å². The van der Waals surface area contributed by atoms with Crippen molar-refractivity contribution in [3.8, 4) is 0 Å². The van der Waals surface area contributed by atoms with Crippen LogP contribution in [0, 0.1) is 0 Å². The highest BCUT2D eigenvalue weighted by molar-refractivity contribution is 5.00. The summed E-state index contributed by atoms with van der Waals surface area (Å²) in [6, 6.07) is 0.587. The molecule has 2 rings (SSSR count). The molecule has 1 unspecified atom stereocenters. The van der Waals surface area contributed by atoms with Crippen LogP contribution >= 0.6 is 0 Å². The van der Waals surface area contributed by atoms with E-state index in [4.69, 9.17) is 4.52 Å². The van der Waals surface area contributed by atoms with Crippen LogP contribution in [0.3, 0.4) is 0 Å². The highest BCUT2D eigenvalue weighted by Crippen LogP contribution is 2.21. The molecule has 108 valence electrons. The molecule has 1 fully saturated rings. The summed E-state index contributed by atoms with van der Waals surface area (Å²) < 4.78 is 5.40. The van der Waals surface area contributed by atoms with E-state index in [1.54, 1.807) is 0 Å². The van der Waals surface area contributed by atoms with Gasteiger partial charge in [-0.3, -0.25) is 4.90 Å². The fourth-order valence-electron chi connectivity index (χ4n) is 2.53. The van der Waals surface area contributed by atoms with E-state index < -0.39 is 0 Å². The summed E-state index contributed by atoms with van der Waals surface area (Å²) in [5, 5.41) is 7.37. The minimum atomic E-state index is -0.0476. The van der Waals surface area contributed by atoms with Crippen LogP contribution in [0.25, 0.3) is 0 Å². The number of piperidine rings is 1. The first kappa shape index (κ1) is 14.5. The Kier molecular flexibility index (Phi) is 4.58. The minimum absolute atomic E-state index is 0.0476. The van der Waals surface area contributed by atoms with Crippen LogP contribution in [-0.2, 0) is 12.0 Å². The number of hydrogen-bond donors (Lipinski definition) is 1. The van der Waals surface area contributed by atoms with Crippen molar-refractivity contribution in [2.24, 2.45) is 0 Å². The molecule has 1 aromatic heterocycles. The average Bonchev–Trinajstić information content (AvgIpc) is 2.80. The number of hydrogen-bond acceptors (Lipinski definition) is 5. The third-order valence-corrected chi connectivity index (χ3v) is 3.67. The molecule has 1 atom stereocenters. The summed E-state index contributed by atoms with van der Waals surface area (Å²) in [5.41, 5.74) is -0.0476. The van der Waals surface area contributed by atoms with Gasteiger partial charge < -0.3 is 9.84 Å². The van der Waals surface area contributed by atoms with Gasteiger partial charge in [0.2, 0.25) is 5.89 Å². The molecule has 0 aliphatic carbocycles. The lowest BCUT2D eigenvalue weighted by atomic mass is 9.96. The van der Waals surface area contributed by atoms with E-state index in [-0.39, 0.29) is 5.41 Å². The summed E-state index contributed by atoms with van der Waals surface area (Å²) in [6.07, 6.45) is 3.83. The van der Waals surface area contributed by atoms with Crippen LogP contribution < -0.4 is 5.32 Å². The second-order valence-corrected chi connectivity index (χ2v) is 6.44. The Labute approximate surface area is 115 Å². The van der Waals surface area contributed by atoms with Gasteiger partial charge in [0.15, 0.2) is 5.82 Å². The average molecular weight is 266 g/mol. The smallest absolute Gasteiger partial charge is 0.240 e. The van der Waals surface area contributed by atoms with Gasteiger partial charge in [-0.25, -0.2) is 0 Å². The Balaban J connectivity index is 2.00. The van der Waals surface area contributed by atoms with Crippen molar-refractivity contribution in [1.29, 1.82) is 0 Å². The molecule has 2 heterocycles. The Morgan fingerprint density at radius 3 is 2.79 bits per heavy atom. The molecule has 5 heteroatoms. The molecule has 19 heavy (non-hydrogen) atoms. The fraction of sp³-hybridized carbons (Fsp3) is 0.857. The third-order valence-electron chi connectivity index (χ3n) is 3.67. The number of likely N-dealkylation sites (tertiary alicyclic amines) is 1. The van der Waals surface area contributed by atoms with Crippen molar-refractivity contribution < 1.29 is 4.52 Å². The summed E-state index contributed by atoms with van der Waals surface area (Å²) in [4.78, 5) is 6.99. The van der Waals surface area contributed by atoms with Crippen molar-refractivity contribution in [2.75, 3.05) is 20.1 Å². The summed E-state index contributed by atoms with van der Waals surface area (Å²) >= 11 is 0. The zero-order valence-electron chi connectivity index (χ0n) is 12.6. The van der Waals surface area contributed by atoms with Crippen LogP contribution in [-0.4, -0.2) is 41.2 Å². The molecule has 0 saturated carbocycles. The fourth-order valence-corrected chi connectivity index (χ4v) is 2.53. The lowest BCUT2D eigenvalue weighted by Crippen LogP contribution is -2.44. The molecule has 0 aromatic carbocycles. The Morgan fingerprint density at radius 2 is 2.16 bits per heavy atom. The first-order chi connectivity index (χ1) is 9.00. The zero-order chi connectivity index (χ0) is 13.9. The Bertz CT molecular complexity index is 394. The van der Waals surface area contributed by atoms with E-state index in [0.29, 0.717) is 6.04 Å². The van der Waals surface area contributed by atoms with E-state index in [2.05, 4.69) is 41.1 Å². The van der Waals surface area contributed by atoms with Crippen molar-refractivity contribution in [2.45, 2.75) is 58.0 Å². The number of aromatic nitrogens is 2. The molecule has 0 amide bonds. The first-order valence-electron chi connectivity index (χ1n) is 7.22. The van der Waals surface area contributed by atoms with E-state index in [0.717, 1.165) is 31.3 Å². The van der Waals surface area contributed by atoms with Crippen molar-refractivity contribution in [1.82, 2.24) is 20.4 Å². The first-order valence-corrected chi connectivity index (χ1v) is 7.22. The van der Waals surface area contributed by atoms with E-state index in [1.165, 1.54) is 19.3 Å². The van der Waals surface area contributed by atoms with Gasteiger partial charge in [0, 0.05) is 18.0 Å². The van der Waals surface area contributed by atoms with Gasteiger partial charge in [-0.15, -0.1) is 0 Å². The number of nitrogens with zero attached hydrogens (tertiary/aromatic N) is 3. The standard InChI is InChI=1S/C14H26N4O/c1-14(2,3)13-16-12(19-17-13)10-18-8-6-5-7-11(18)9-15-4/h11,15H,5-10H2,1-4H3. The lowest BCUT2D eigenvalue weighted by molar-refractivity contribution is 0.123. The van der Waals surface area contributed by atoms with Crippen molar-refractivity contribution in [3.63, 3.8) is 0 Å². The van der Waals surface area contributed by atoms with Crippen molar-refractivity contribution in [3.05, 3.63) is 11.7 Å². The minimum Gasteiger partial charge on any atom is -0.338 e. The second-order valence-electron chi connectivity index (χ2n) is 6.44. The van der Waals surface area contributed by atoms with E-state index in [9.17, 15) is 0 Å². The highest BCUT2D eigenvalue weighted by Gasteiger charge is 2.25. The lowest BCUT2D eigenvalue weighted by Gasteiger charge is -2.34. The topological polar surface area (TPSA) is 54.2 Å². The maximum absolute atomic E-state index is 5.40. The van der Waals surface area contributed by atoms with Crippen LogP contribution in [0.1, 0.15) is 51.7 Å². The number of likely N-dealkylation sites (N-methyl/N-ethyl adjacent to an activating group) is 1. The van der Waals surface area contributed by atoms with Gasteiger partial charge in [0.05, 0.1) is 6.54 Å². The molecule has 0 spiro atoms. The van der Waals surface area contributed by atoms with Gasteiger partial charge in [0.25, 0.3) is 0 Å². The summed E-state index contributed by atoms with van der Waals surface area (Å²) in [5.74, 6) is 1.54. The monoisotopic (exact) mass is 266 g/mol. The zero-order valence-corrected chi connectivity index (χ0v) is 12.6. The quantitative estimate of drug-likeness (QED) is 0.902. The highest BCUT2D eigenvalue weighted by atomic mass is 16.5. The van der Waals surface area contributed by atoms with Crippen molar-refractivity contribution >= 4 is 0 Å². The normalized spacial score (nSPS) is 21.8. The predicted octanol–water partition coefficient (Wildman–Crippen LogP) is 1.94. The molecule has 0 bridgehead atoms. The van der Waals surface area contributed by atoms with Gasteiger partial charge in [0.1, 0.15) is 0 Å². The van der Waals surface area contributed by atoms with Crippen LogP contribution in [0.15, 0.2) is 4.52 Å². The summed E-state index contributed by atoms with van der Waals surface area (Å²) in [7, 11) is 2.01. The van der Waals surface area contributed by atoms with E-state index in [1.807, 2.05) is 7.05 Å². The maximum atomic E-state index is 5.40. The van der Waals surface area contributed by atoms with Gasteiger partial charge in [-0.05, 0) is 26.4 Å². The largest absolute Gasteiger partial charge is 0.338 e. The number of rotatable bonds is 4. The molecule has 1 saturated heterocycles. The Morgan fingerprint density at radius 1 is 1.37 bits per heavy atom. The van der Waals surface area contributed by atoms with Gasteiger partial charge in [-0.1, -0.05) is 32.3 Å². The molecule has 1 aliphatic heterocycles.